The Morgan fingerprint density at radius 3 is 2.38 bits per heavy atom. The first-order chi connectivity index (χ1) is 13.8. The van der Waals surface area contributed by atoms with Crippen molar-refractivity contribution in [1.82, 2.24) is 10.6 Å². The fraction of sp³-hybridized carbons (Fsp3) is 0.238. The van der Waals surface area contributed by atoms with Gasteiger partial charge in [-0.15, -0.1) is 0 Å². The third-order valence-electron chi connectivity index (χ3n) is 4.96. The second kappa shape index (κ2) is 7.84. The summed E-state index contributed by atoms with van der Waals surface area (Å²) in [5.41, 5.74) is 7.61. The van der Waals surface area contributed by atoms with Crippen LogP contribution in [-0.2, 0) is 15.1 Å². The maximum absolute atomic E-state index is 12.6. The Morgan fingerprint density at radius 2 is 1.76 bits per heavy atom. The zero-order chi connectivity index (χ0) is 21.2. The van der Waals surface area contributed by atoms with Gasteiger partial charge in [-0.25, -0.2) is 0 Å². The molecule has 1 aliphatic rings. The van der Waals surface area contributed by atoms with E-state index >= 15 is 0 Å². The largest absolute Gasteiger partial charge is 0.367 e. The molecular weight excluding hydrogens is 370 g/mol. The van der Waals surface area contributed by atoms with Crippen LogP contribution in [0.4, 0.5) is 5.69 Å². The molecule has 29 heavy (non-hydrogen) atoms. The molecule has 150 valence electrons. The van der Waals surface area contributed by atoms with Crippen molar-refractivity contribution in [1.29, 1.82) is 0 Å². The fourth-order valence-electron chi connectivity index (χ4n) is 3.37. The maximum Gasteiger partial charge on any atom is 0.267 e. The molecule has 0 aromatic heterocycles. The molecule has 1 aliphatic heterocycles. The highest BCUT2D eigenvalue weighted by atomic mass is 16.2. The lowest BCUT2D eigenvalue weighted by Gasteiger charge is -2.27. The van der Waals surface area contributed by atoms with Gasteiger partial charge < -0.3 is 16.4 Å². The molecule has 0 aliphatic carbocycles. The number of nitrogens with zero attached hydrogens (tertiary/aromatic N) is 1. The summed E-state index contributed by atoms with van der Waals surface area (Å²) in [5, 5.41) is 8.25. The number of carbonyl (C=O) groups excluding carboxylic acids is 3. The number of hydrogen-bond acceptors (Lipinski definition) is 5. The van der Waals surface area contributed by atoms with E-state index in [0.29, 0.717) is 16.8 Å². The van der Waals surface area contributed by atoms with E-state index < -0.39 is 17.4 Å². The van der Waals surface area contributed by atoms with Crippen LogP contribution in [0.2, 0.25) is 0 Å². The van der Waals surface area contributed by atoms with Crippen molar-refractivity contribution >= 4 is 29.1 Å². The summed E-state index contributed by atoms with van der Waals surface area (Å²) in [7, 11) is 1.46. The van der Waals surface area contributed by atoms with Gasteiger partial charge in [0.2, 0.25) is 5.91 Å². The van der Waals surface area contributed by atoms with E-state index in [9.17, 15) is 14.4 Å². The molecule has 0 bridgehead atoms. The minimum atomic E-state index is -1.52. The Hall–Kier alpha value is -3.52. The van der Waals surface area contributed by atoms with Gasteiger partial charge >= 0.3 is 0 Å². The van der Waals surface area contributed by atoms with E-state index in [1.807, 2.05) is 32.0 Å². The van der Waals surface area contributed by atoms with E-state index in [1.165, 1.54) is 7.05 Å². The number of anilines is 1. The topological polar surface area (TPSA) is 126 Å². The summed E-state index contributed by atoms with van der Waals surface area (Å²) in [4.78, 5) is 41.2. The molecule has 0 fully saturated rings. The second-order valence-electron chi connectivity index (χ2n) is 6.88. The molecule has 8 nitrogen and oxygen atoms in total. The van der Waals surface area contributed by atoms with Gasteiger partial charge in [0, 0.05) is 18.3 Å². The van der Waals surface area contributed by atoms with Gasteiger partial charge in [-0.3, -0.25) is 24.7 Å². The average Bonchev–Trinajstić information content (AvgIpc) is 3.16. The molecule has 0 saturated carbocycles. The van der Waals surface area contributed by atoms with Crippen molar-refractivity contribution in [2.75, 3.05) is 19.0 Å². The first kappa shape index (κ1) is 20.2. The summed E-state index contributed by atoms with van der Waals surface area (Å²) in [6.07, 6.45) is 0. The third-order valence-corrected chi connectivity index (χ3v) is 4.96. The highest BCUT2D eigenvalue weighted by molar-refractivity contribution is 6.47. The van der Waals surface area contributed by atoms with Crippen LogP contribution in [-0.4, -0.2) is 37.1 Å². The molecule has 0 spiro atoms. The van der Waals surface area contributed by atoms with Crippen LogP contribution >= 0.6 is 0 Å². The predicted octanol–water partition coefficient (Wildman–Crippen LogP) is 0.984. The van der Waals surface area contributed by atoms with Gasteiger partial charge in [-0.2, -0.15) is 0 Å². The number of aliphatic imine (C=N–C) groups is 1. The molecule has 3 amide bonds. The van der Waals surface area contributed by atoms with E-state index in [2.05, 4.69) is 20.9 Å². The minimum Gasteiger partial charge on any atom is -0.367 e. The smallest absolute Gasteiger partial charge is 0.267 e. The lowest BCUT2D eigenvalue weighted by Crippen LogP contribution is -2.58. The summed E-state index contributed by atoms with van der Waals surface area (Å²) < 4.78 is 0. The van der Waals surface area contributed by atoms with Crippen molar-refractivity contribution in [2.24, 2.45) is 10.7 Å². The Bertz CT molecular complexity index is 1010. The molecule has 5 N–H and O–H groups in total. The van der Waals surface area contributed by atoms with E-state index in [4.69, 9.17) is 5.73 Å². The fourth-order valence-corrected chi connectivity index (χ4v) is 3.37. The Morgan fingerprint density at radius 1 is 1.07 bits per heavy atom. The van der Waals surface area contributed by atoms with Crippen LogP contribution in [0.3, 0.4) is 0 Å². The van der Waals surface area contributed by atoms with Crippen molar-refractivity contribution in [3.8, 4) is 0 Å². The quantitative estimate of drug-likeness (QED) is 0.604. The van der Waals surface area contributed by atoms with Crippen LogP contribution in [0, 0.1) is 13.8 Å². The number of nitrogens with two attached hydrogens (primary N) is 1. The monoisotopic (exact) mass is 393 g/mol. The average molecular weight is 393 g/mol. The highest BCUT2D eigenvalue weighted by Gasteiger charge is 2.49. The molecule has 3 rings (SSSR count). The number of carbonyl (C=O) groups is 3. The minimum absolute atomic E-state index is 0.0136. The summed E-state index contributed by atoms with van der Waals surface area (Å²) in [6, 6.07) is 12.3. The van der Waals surface area contributed by atoms with Crippen LogP contribution in [0.1, 0.15) is 27.0 Å². The molecule has 1 atom stereocenters. The standard InChI is InChI=1S/C21H23N5O3/c1-12-4-5-13(2)16(10-12)18(27)26-15-8-6-14(7-9-15)21(20(22)29)17(19(28)23-3)24-11-25-21/h4-10,25H,11H2,1-3H3,(H2,22,29)(H,23,28)(H,26,27). The van der Waals surface area contributed by atoms with Crippen LogP contribution in [0.5, 0.6) is 0 Å². The molecule has 2 aromatic carbocycles. The Balaban J connectivity index is 1.88. The van der Waals surface area contributed by atoms with Crippen molar-refractivity contribution < 1.29 is 14.4 Å². The number of hydrogen-bond donors (Lipinski definition) is 4. The van der Waals surface area contributed by atoms with E-state index in [0.717, 1.165) is 11.1 Å². The third kappa shape index (κ3) is 3.62. The van der Waals surface area contributed by atoms with Gasteiger partial charge in [0.1, 0.15) is 5.71 Å². The highest BCUT2D eigenvalue weighted by Crippen LogP contribution is 2.28. The molecule has 2 aromatic rings. The molecule has 8 heteroatoms. The van der Waals surface area contributed by atoms with Crippen molar-refractivity contribution in [3.05, 3.63) is 64.7 Å². The van der Waals surface area contributed by atoms with E-state index in [-0.39, 0.29) is 18.3 Å². The summed E-state index contributed by atoms with van der Waals surface area (Å²) in [6.45, 7) is 3.89. The molecule has 0 saturated heterocycles. The van der Waals surface area contributed by atoms with Crippen LogP contribution < -0.4 is 21.7 Å². The normalized spacial score (nSPS) is 18.1. The predicted molar refractivity (Wildman–Crippen MR) is 111 cm³/mol. The van der Waals surface area contributed by atoms with Crippen LogP contribution in [0.15, 0.2) is 47.5 Å². The number of amides is 3. The summed E-state index contributed by atoms with van der Waals surface area (Å²) >= 11 is 0. The zero-order valence-electron chi connectivity index (χ0n) is 16.5. The van der Waals surface area contributed by atoms with Gasteiger partial charge in [-0.1, -0.05) is 29.8 Å². The molecule has 0 radical (unpaired) electrons. The first-order valence-corrected chi connectivity index (χ1v) is 9.10. The lowest BCUT2D eigenvalue weighted by atomic mass is 9.84. The van der Waals surface area contributed by atoms with Gasteiger partial charge in [0.05, 0.1) is 6.67 Å². The van der Waals surface area contributed by atoms with Gasteiger partial charge in [0.15, 0.2) is 5.54 Å². The first-order valence-electron chi connectivity index (χ1n) is 9.10. The molecule has 1 unspecified atom stereocenters. The number of aryl methyl sites for hydroxylation is 2. The number of benzene rings is 2. The number of nitrogens with one attached hydrogen (secondary N) is 3. The number of rotatable bonds is 5. The lowest BCUT2D eigenvalue weighted by molar-refractivity contribution is -0.123. The van der Waals surface area contributed by atoms with Crippen LogP contribution in [0.25, 0.3) is 0 Å². The van der Waals surface area contributed by atoms with Crippen molar-refractivity contribution in [3.63, 3.8) is 0 Å². The summed E-state index contributed by atoms with van der Waals surface area (Å²) in [5.74, 6) is -1.44. The van der Waals surface area contributed by atoms with E-state index in [1.54, 1.807) is 24.3 Å². The maximum atomic E-state index is 12.6. The molecule has 1 heterocycles. The SMILES string of the molecule is CNC(=O)C1=NCNC1(C(N)=O)c1ccc(NC(=O)c2cc(C)ccc2C)cc1. The Kier molecular flexibility index (Phi) is 5.47. The second-order valence-corrected chi connectivity index (χ2v) is 6.88. The van der Waals surface area contributed by atoms with Crippen molar-refractivity contribution in [2.45, 2.75) is 19.4 Å². The van der Waals surface area contributed by atoms with Gasteiger partial charge in [-0.05, 0) is 43.2 Å². The number of primary amides is 1. The van der Waals surface area contributed by atoms with Gasteiger partial charge in [0.25, 0.3) is 11.8 Å². The molecular formula is C21H23N5O3. The Labute approximate surface area is 168 Å². The zero-order valence-corrected chi connectivity index (χ0v) is 16.5.